The molecule has 2 aromatic rings. The predicted octanol–water partition coefficient (Wildman–Crippen LogP) is 0.685. The number of nitrogens with one attached hydrogen (secondary N) is 3. The van der Waals surface area contributed by atoms with Crippen LogP contribution < -0.4 is 16.7 Å². The molecule has 1 heterocycles. The average molecular weight is 246 g/mol. The molecule has 1 saturated carbocycles. The first-order valence-corrected chi connectivity index (χ1v) is 6.33. The monoisotopic (exact) mass is 246 g/mol. The Bertz CT molecular complexity index is 609. The predicted molar refractivity (Wildman–Crippen MR) is 71.3 cm³/mol. The Hall–Kier alpha value is -1.59. The second-order valence-corrected chi connectivity index (χ2v) is 5.27. The van der Waals surface area contributed by atoms with Gasteiger partial charge in [-0.15, -0.1) is 0 Å². The van der Waals surface area contributed by atoms with Crippen LogP contribution in [-0.4, -0.2) is 23.1 Å². The summed E-state index contributed by atoms with van der Waals surface area (Å²) < 4.78 is 0. The van der Waals surface area contributed by atoms with Crippen LogP contribution in [-0.2, 0) is 6.54 Å². The molecule has 0 atom stereocenters. The summed E-state index contributed by atoms with van der Waals surface area (Å²) in [4.78, 5) is 16.7. The van der Waals surface area contributed by atoms with Crippen LogP contribution >= 0.6 is 0 Å². The largest absolute Gasteiger partial charge is 0.330 e. The SMILES string of the molecule is NCC1(CNCc2ccc3[nH]c(=O)[nH]c3c2)CC1. The zero-order valence-corrected chi connectivity index (χ0v) is 10.3. The van der Waals surface area contributed by atoms with E-state index in [1.165, 1.54) is 18.4 Å². The first-order valence-electron chi connectivity index (χ1n) is 6.33. The number of benzene rings is 1. The molecule has 1 aliphatic carbocycles. The third-order valence-corrected chi connectivity index (χ3v) is 3.80. The summed E-state index contributed by atoms with van der Waals surface area (Å²) in [5, 5.41) is 3.44. The zero-order valence-electron chi connectivity index (χ0n) is 10.3. The Morgan fingerprint density at radius 3 is 2.78 bits per heavy atom. The number of fused-ring (bicyclic) bond motifs is 1. The summed E-state index contributed by atoms with van der Waals surface area (Å²) in [5.41, 5.74) is 8.82. The van der Waals surface area contributed by atoms with Gasteiger partial charge in [-0.25, -0.2) is 4.79 Å². The van der Waals surface area contributed by atoms with E-state index in [9.17, 15) is 4.79 Å². The summed E-state index contributed by atoms with van der Waals surface area (Å²) in [6.45, 7) is 2.56. The van der Waals surface area contributed by atoms with Gasteiger partial charge in [-0.3, -0.25) is 0 Å². The molecule has 96 valence electrons. The number of H-pyrrole nitrogens is 2. The molecule has 0 aliphatic heterocycles. The molecule has 1 fully saturated rings. The Kier molecular flexibility index (Phi) is 2.72. The summed E-state index contributed by atoms with van der Waals surface area (Å²) >= 11 is 0. The van der Waals surface area contributed by atoms with Crippen molar-refractivity contribution in [3.63, 3.8) is 0 Å². The third kappa shape index (κ3) is 2.19. The van der Waals surface area contributed by atoms with Crippen molar-refractivity contribution in [2.24, 2.45) is 11.1 Å². The number of aromatic nitrogens is 2. The van der Waals surface area contributed by atoms with Crippen LogP contribution in [0.25, 0.3) is 11.0 Å². The Morgan fingerprint density at radius 2 is 2.06 bits per heavy atom. The van der Waals surface area contributed by atoms with Gasteiger partial charge >= 0.3 is 5.69 Å². The maximum atomic E-state index is 11.2. The third-order valence-electron chi connectivity index (χ3n) is 3.80. The van der Waals surface area contributed by atoms with Gasteiger partial charge < -0.3 is 21.0 Å². The summed E-state index contributed by atoms with van der Waals surface area (Å²) in [5.74, 6) is 0. The highest BCUT2D eigenvalue weighted by atomic mass is 16.1. The number of imidazole rings is 1. The lowest BCUT2D eigenvalue weighted by Gasteiger charge is -2.13. The van der Waals surface area contributed by atoms with Crippen LogP contribution in [0.4, 0.5) is 0 Å². The molecule has 1 aliphatic rings. The van der Waals surface area contributed by atoms with E-state index in [0.29, 0.717) is 5.41 Å². The van der Waals surface area contributed by atoms with Crippen LogP contribution in [0.2, 0.25) is 0 Å². The van der Waals surface area contributed by atoms with Gasteiger partial charge in [0.1, 0.15) is 0 Å². The average Bonchev–Trinajstić information content (AvgIpc) is 3.04. The number of hydrogen-bond donors (Lipinski definition) is 4. The van der Waals surface area contributed by atoms with Crippen molar-refractivity contribution in [3.05, 3.63) is 34.2 Å². The van der Waals surface area contributed by atoms with Crippen LogP contribution in [0.1, 0.15) is 18.4 Å². The van der Waals surface area contributed by atoms with Crippen molar-refractivity contribution < 1.29 is 0 Å². The van der Waals surface area contributed by atoms with Crippen molar-refractivity contribution in [3.8, 4) is 0 Å². The van der Waals surface area contributed by atoms with Crippen LogP contribution in [0.5, 0.6) is 0 Å². The minimum Gasteiger partial charge on any atom is -0.330 e. The quantitative estimate of drug-likeness (QED) is 0.626. The molecule has 5 N–H and O–H groups in total. The molecular weight excluding hydrogens is 228 g/mol. The number of nitrogens with two attached hydrogens (primary N) is 1. The fraction of sp³-hybridized carbons (Fsp3) is 0.462. The lowest BCUT2D eigenvalue weighted by molar-refractivity contribution is 0.468. The standard InChI is InChI=1S/C13H18N4O/c14-7-13(3-4-13)8-15-6-9-1-2-10-11(5-9)17-12(18)16-10/h1-2,5,15H,3-4,6-8,14H2,(H2,16,17,18). The van der Waals surface area contributed by atoms with Gasteiger partial charge in [-0.2, -0.15) is 0 Å². The molecule has 1 aromatic heterocycles. The van der Waals surface area contributed by atoms with E-state index in [0.717, 1.165) is 30.7 Å². The number of hydrogen-bond acceptors (Lipinski definition) is 3. The van der Waals surface area contributed by atoms with E-state index < -0.39 is 0 Å². The van der Waals surface area contributed by atoms with E-state index in [4.69, 9.17) is 5.73 Å². The van der Waals surface area contributed by atoms with Gasteiger partial charge in [0.2, 0.25) is 0 Å². The minimum atomic E-state index is -0.157. The van der Waals surface area contributed by atoms with Gasteiger partial charge in [0.25, 0.3) is 0 Å². The van der Waals surface area contributed by atoms with Gasteiger partial charge in [-0.1, -0.05) is 6.07 Å². The molecular formula is C13H18N4O. The maximum Gasteiger partial charge on any atom is 0.323 e. The Labute approximate surface area is 105 Å². The number of rotatable bonds is 5. The summed E-state index contributed by atoms with van der Waals surface area (Å²) in [6, 6.07) is 5.96. The molecule has 5 nitrogen and oxygen atoms in total. The fourth-order valence-electron chi connectivity index (χ4n) is 2.29. The Morgan fingerprint density at radius 1 is 1.28 bits per heavy atom. The molecule has 0 bridgehead atoms. The first kappa shape index (κ1) is 11.5. The molecule has 0 saturated heterocycles. The molecule has 0 spiro atoms. The normalized spacial score (nSPS) is 17.2. The van der Waals surface area contributed by atoms with Crippen molar-refractivity contribution in [1.29, 1.82) is 0 Å². The zero-order chi connectivity index (χ0) is 12.6. The maximum absolute atomic E-state index is 11.2. The van der Waals surface area contributed by atoms with E-state index >= 15 is 0 Å². The highest BCUT2D eigenvalue weighted by molar-refractivity contribution is 5.74. The van der Waals surface area contributed by atoms with Gasteiger partial charge in [-0.05, 0) is 42.5 Å². The van der Waals surface area contributed by atoms with Crippen LogP contribution in [0.15, 0.2) is 23.0 Å². The topological polar surface area (TPSA) is 86.7 Å². The van der Waals surface area contributed by atoms with Crippen molar-refractivity contribution in [2.75, 3.05) is 13.1 Å². The molecule has 0 radical (unpaired) electrons. The summed E-state index contributed by atoms with van der Waals surface area (Å²) in [6.07, 6.45) is 2.47. The van der Waals surface area contributed by atoms with Crippen LogP contribution in [0.3, 0.4) is 0 Å². The van der Waals surface area contributed by atoms with Gasteiger partial charge in [0, 0.05) is 13.1 Å². The van der Waals surface area contributed by atoms with Gasteiger partial charge in [0.05, 0.1) is 11.0 Å². The molecule has 1 aromatic carbocycles. The first-order chi connectivity index (χ1) is 8.71. The van der Waals surface area contributed by atoms with Crippen LogP contribution in [0, 0.1) is 5.41 Å². The van der Waals surface area contributed by atoms with Crippen molar-refractivity contribution in [2.45, 2.75) is 19.4 Å². The molecule has 18 heavy (non-hydrogen) atoms. The highest BCUT2D eigenvalue weighted by Gasteiger charge is 2.40. The molecule has 0 amide bonds. The smallest absolute Gasteiger partial charge is 0.323 e. The highest BCUT2D eigenvalue weighted by Crippen LogP contribution is 2.43. The van der Waals surface area contributed by atoms with Gasteiger partial charge in [0.15, 0.2) is 0 Å². The number of aromatic amines is 2. The van der Waals surface area contributed by atoms with E-state index in [1.54, 1.807) is 0 Å². The van der Waals surface area contributed by atoms with E-state index in [2.05, 4.69) is 15.3 Å². The summed E-state index contributed by atoms with van der Waals surface area (Å²) in [7, 11) is 0. The second-order valence-electron chi connectivity index (χ2n) is 5.27. The van der Waals surface area contributed by atoms with Crippen molar-refractivity contribution in [1.82, 2.24) is 15.3 Å². The fourth-order valence-corrected chi connectivity index (χ4v) is 2.29. The second kappa shape index (κ2) is 4.26. The van der Waals surface area contributed by atoms with E-state index in [1.807, 2.05) is 18.2 Å². The lowest BCUT2D eigenvalue weighted by atomic mass is 10.1. The van der Waals surface area contributed by atoms with E-state index in [-0.39, 0.29) is 5.69 Å². The molecule has 0 unspecified atom stereocenters. The Balaban J connectivity index is 1.65. The molecule has 3 rings (SSSR count). The molecule has 5 heteroatoms. The van der Waals surface area contributed by atoms with Crippen molar-refractivity contribution >= 4 is 11.0 Å². The lowest BCUT2D eigenvalue weighted by Crippen LogP contribution is -2.29. The minimum absolute atomic E-state index is 0.157.